The van der Waals surface area contributed by atoms with Crippen molar-refractivity contribution in [1.82, 2.24) is 10.2 Å². The number of rotatable bonds is 3. The van der Waals surface area contributed by atoms with Crippen LogP contribution in [0.3, 0.4) is 0 Å². The molecule has 0 fully saturated rings. The number of nitrogens with one attached hydrogen (secondary N) is 1. The molecule has 0 aliphatic carbocycles. The van der Waals surface area contributed by atoms with E-state index in [1.165, 1.54) is 0 Å². The third-order valence-corrected chi connectivity index (χ3v) is 3.27. The molecule has 0 saturated carbocycles. The number of nitrogens with zero attached hydrogens (tertiary/aromatic N) is 2. The van der Waals surface area contributed by atoms with Crippen LogP contribution in [0.15, 0.2) is 18.2 Å². The second-order valence-corrected chi connectivity index (χ2v) is 4.95. The number of nitrogens with two attached hydrogens (primary N) is 1. The molecular weight excluding hydrogens is 276 g/mol. The van der Waals surface area contributed by atoms with Crippen LogP contribution in [0.1, 0.15) is 22.4 Å². The molecule has 0 radical (unpaired) electrons. The first-order valence-corrected chi connectivity index (χ1v) is 6.40. The van der Waals surface area contributed by atoms with E-state index in [-0.39, 0.29) is 11.7 Å². The van der Waals surface area contributed by atoms with Crippen LogP contribution in [-0.2, 0) is 0 Å². The van der Waals surface area contributed by atoms with Gasteiger partial charge in [0.15, 0.2) is 0 Å². The van der Waals surface area contributed by atoms with Gasteiger partial charge in [0, 0.05) is 5.02 Å². The van der Waals surface area contributed by atoms with E-state index in [9.17, 15) is 0 Å². The summed E-state index contributed by atoms with van der Waals surface area (Å²) in [4.78, 5) is 0. The summed E-state index contributed by atoms with van der Waals surface area (Å²) in [6.45, 7) is 5.53. The summed E-state index contributed by atoms with van der Waals surface area (Å²) in [6, 6.07) is 5.27. The molecule has 0 aliphatic rings. The van der Waals surface area contributed by atoms with E-state index in [1.807, 2.05) is 20.8 Å². The first-order valence-electron chi connectivity index (χ1n) is 6.02. The highest BCUT2D eigenvalue weighted by Gasteiger charge is 2.16. The zero-order valence-electron chi connectivity index (χ0n) is 11.5. The normalized spacial score (nSPS) is 10.4. The fourth-order valence-corrected chi connectivity index (χ4v) is 2.03. The molecule has 0 bridgehead atoms. The van der Waals surface area contributed by atoms with Crippen molar-refractivity contribution < 1.29 is 4.74 Å². The van der Waals surface area contributed by atoms with Gasteiger partial charge in [-0.15, -0.1) is 5.10 Å². The summed E-state index contributed by atoms with van der Waals surface area (Å²) in [5.74, 6) is 0.739. The molecule has 3 N–H and O–H groups in total. The van der Waals surface area contributed by atoms with Crippen LogP contribution in [0.2, 0.25) is 5.02 Å². The number of aromatic nitrogens is 2. The smallest absolute Gasteiger partial charge is 0.250 e. The van der Waals surface area contributed by atoms with Gasteiger partial charge in [-0.05, 0) is 50.1 Å². The minimum absolute atomic E-state index is 0.0953. The van der Waals surface area contributed by atoms with Crippen LogP contribution in [0.4, 0.5) is 0 Å². The summed E-state index contributed by atoms with van der Waals surface area (Å²) >= 11 is 5.91. The molecule has 5 nitrogen and oxygen atoms in total. The Morgan fingerprint density at radius 1 is 1.25 bits per heavy atom. The van der Waals surface area contributed by atoms with Crippen molar-refractivity contribution in [2.75, 3.05) is 0 Å². The van der Waals surface area contributed by atoms with Crippen LogP contribution in [0.25, 0.3) is 0 Å². The summed E-state index contributed by atoms with van der Waals surface area (Å²) < 4.78 is 5.74. The van der Waals surface area contributed by atoms with Crippen molar-refractivity contribution in [3.05, 3.63) is 45.6 Å². The molecule has 1 aromatic carbocycles. The Morgan fingerprint density at radius 2 is 1.95 bits per heavy atom. The maximum absolute atomic E-state index is 7.68. The van der Waals surface area contributed by atoms with E-state index < -0.39 is 0 Å². The van der Waals surface area contributed by atoms with Crippen LogP contribution in [0.5, 0.6) is 11.6 Å². The fraction of sp³-hybridized carbons (Fsp3) is 0.214. The second-order valence-electron chi connectivity index (χ2n) is 4.52. The third-order valence-electron chi connectivity index (χ3n) is 3.04. The lowest BCUT2D eigenvalue weighted by molar-refractivity contribution is 0.449. The summed E-state index contributed by atoms with van der Waals surface area (Å²) in [6.07, 6.45) is 0. The molecule has 1 aromatic heterocycles. The zero-order valence-corrected chi connectivity index (χ0v) is 12.2. The van der Waals surface area contributed by atoms with Crippen molar-refractivity contribution in [2.24, 2.45) is 5.73 Å². The first kappa shape index (κ1) is 14.3. The molecule has 0 atom stereocenters. The molecule has 104 valence electrons. The van der Waals surface area contributed by atoms with E-state index in [4.69, 9.17) is 27.5 Å². The minimum Gasteiger partial charge on any atom is -0.437 e. The monoisotopic (exact) mass is 290 g/mol. The van der Waals surface area contributed by atoms with Crippen molar-refractivity contribution in [2.45, 2.75) is 20.8 Å². The van der Waals surface area contributed by atoms with E-state index in [0.29, 0.717) is 16.3 Å². The highest BCUT2D eigenvalue weighted by Crippen LogP contribution is 2.29. The second kappa shape index (κ2) is 5.46. The van der Waals surface area contributed by atoms with Crippen LogP contribution >= 0.6 is 11.6 Å². The van der Waals surface area contributed by atoms with E-state index in [1.54, 1.807) is 18.2 Å². The van der Waals surface area contributed by atoms with Crippen molar-refractivity contribution in [3.8, 4) is 11.6 Å². The average molecular weight is 291 g/mol. The van der Waals surface area contributed by atoms with Gasteiger partial charge in [0.05, 0.1) is 11.3 Å². The molecule has 2 rings (SSSR count). The van der Waals surface area contributed by atoms with Crippen molar-refractivity contribution in [1.29, 1.82) is 5.41 Å². The molecule has 0 saturated heterocycles. The fourth-order valence-electron chi connectivity index (χ4n) is 1.81. The largest absolute Gasteiger partial charge is 0.437 e. The summed E-state index contributed by atoms with van der Waals surface area (Å²) in [5.41, 5.74) is 8.45. The molecule has 20 heavy (non-hydrogen) atoms. The maximum atomic E-state index is 7.68. The maximum Gasteiger partial charge on any atom is 0.250 e. The van der Waals surface area contributed by atoms with Gasteiger partial charge in [-0.3, -0.25) is 5.41 Å². The number of ether oxygens (including phenoxy) is 1. The Hall–Kier alpha value is -2.14. The van der Waals surface area contributed by atoms with Gasteiger partial charge in [0.25, 0.3) is 0 Å². The topological polar surface area (TPSA) is 84.9 Å². The number of nitrogen functional groups attached to an aromatic ring is 1. The van der Waals surface area contributed by atoms with Gasteiger partial charge < -0.3 is 10.5 Å². The molecular formula is C14H15ClN4O. The van der Waals surface area contributed by atoms with Gasteiger partial charge in [0.1, 0.15) is 11.6 Å². The molecule has 0 unspecified atom stereocenters. The molecule has 1 heterocycles. The van der Waals surface area contributed by atoms with E-state index >= 15 is 0 Å². The summed E-state index contributed by atoms with van der Waals surface area (Å²) in [5, 5.41) is 16.3. The number of hydrogen-bond donors (Lipinski definition) is 2. The Kier molecular flexibility index (Phi) is 3.90. The van der Waals surface area contributed by atoms with Crippen molar-refractivity contribution >= 4 is 17.4 Å². The molecule has 6 heteroatoms. The van der Waals surface area contributed by atoms with E-state index in [2.05, 4.69) is 10.2 Å². The van der Waals surface area contributed by atoms with Gasteiger partial charge in [-0.25, -0.2) is 0 Å². The average Bonchev–Trinajstić information content (AvgIpc) is 2.36. The molecule has 2 aromatic rings. The molecule has 0 spiro atoms. The van der Waals surface area contributed by atoms with Crippen molar-refractivity contribution in [3.63, 3.8) is 0 Å². The lowest BCUT2D eigenvalue weighted by Crippen LogP contribution is -2.16. The third kappa shape index (κ3) is 2.72. The predicted octanol–water partition coefficient (Wildman–Crippen LogP) is 3.13. The summed E-state index contributed by atoms with van der Waals surface area (Å²) in [7, 11) is 0. The number of aryl methyl sites for hydroxylation is 2. The van der Waals surface area contributed by atoms with E-state index in [0.717, 1.165) is 16.8 Å². The minimum atomic E-state index is -0.0953. The Morgan fingerprint density at radius 3 is 2.55 bits per heavy atom. The lowest BCUT2D eigenvalue weighted by atomic mass is 10.1. The van der Waals surface area contributed by atoms with Gasteiger partial charge in [-0.2, -0.15) is 5.10 Å². The number of amidine groups is 1. The highest BCUT2D eigenvalue weighted by atomic mass is 35.5. The molecule has 0 aliphatic heterocycles. The SMILES string of the molecule is Cc1cc(Cl)ccc1Oc1nnc(C)c(C)c1C(=N)N. The Labute approximate surface area is 122 Å². The number of hydrogen-bond acceptors (Lipinski definition) is 4. The predicted molar refractivity (Wildman–Crippen MR) is 78.8 cm³/mol. The Balaban J connectivity index is 2.48. The quantitative estimate of drug-likeness (QED) is 0.672. The van der Waals surface area contributed by atoms with Gasteiger partial charge in [0.2, 0.25) is 5.88 Å². The zero-order chi connectivity index (χ0) is 14.9. The number of benzene rings is 1. The van der Waals surface area contributed by atoms with Gasteiger partial charge >= 0.3 is 0 Å². The van der Waals surface area contributed by atoms with Crippen LogP contribution in [0, 0.1) is 26.2 Å². The first-order chi connectivity index (χ1) is 9.40. The number of halogens is 1. The molecule has 0 amide bonds. The standard InChI is InChI=1S/C14H15ClN4O/c1-7-6-10(15)4-5-11(7)20-14-12(13(16)17)8(2)9(3)18-19-14/h4-6H,1-3H3,(H3,16,17). The Bertz CT molecular complexity index is 685. The lowest BCUT2D eigenvalue weighted by Gasteiger charge is -2.13. The highest BCUT2D eigenvalue weighted by molar-refractivity contribution is 6.30. The van der Waals surface area contributed by atoms with Crippen LogP contribution < -0.4 is 10.5 Å². The van der Waals surface area contributed by atoms with Crippen LogP contribution in [-0.4, -0.2) is 16.0 Å². The van der Waals surface area contributed by atoms with Gasteiger partial charge in [-0.1, -0.05) is 11.6 Å².